The minimum absolute atomic E-state index is 0.0756. The number of hydrogen-bond donors (Lipinski definition) is 1. The molecule has 14 heavy (non-hydrogen) atoms. The number of hydrogen-bond acceptors (Lipinski definition) is 4. The second-order valence-corrected chi connectivity index (χ2v) is 5.92. The van der Waals surface area contributed by atoms with E-state index in [2.05, 4.69) is 0 Å². The normalized spacial score (nSPS) is 23.6. The lowest BCUT2D eigenvalue weighted by Gasteiger charge is -2.28. The molecule has 0 spiro atoms. The molecule has 78 valence electrons. The molecule has 1 aliphatic rings. The van der Waals surface area contributed by atoms with Gasteiger partial charge in [0.1, 0.15) is 9.84 Å². The SMILES string of the molecule is N#CC1(CC(=O)O)CCS(=O)(=O)CC1. The van der Waals surface area contributed by atoms with Crippen molar-refractivity contribution < 1.29 is 18.3 Å². The quantitative estimate of drug-likeness (QED) is 0.711. The standard InChI is InChI=1S/C8H11NO4S/c9-6-8(5-7(10)11)1-3-14(12,13)4-2-8/h1-5H2,(H,10,11). The second-order valence-electron chi connectivity index (χ2n) is 3.61. The molecule has 1 saturated heterocycles. The number of nitrogens with zero attached hydrogens (tertiary/aromatic N) is 1. The Morgan fingerprint density at radius 1 is 1.43 bits per heavy atom. The third-order valence-electron chi connectivity index (χ3n) is 2.51. The smallest absolute Gasteiger partial charge is 0.304 e. The van der Waals surface area contributed by atoms with Crippen LogP contribution in [-0.4, -0.2) is 31.0 Å². The molecule has 1 rings (SSSR count). The molecule has 0 aromatic rings. The van der Waals surface area contributed by atoms with E-state index in [-0.39, 0.29) is 30.8 Å². The van der Waals surface area contributed by atoms with Crippen molar-refractivity contribution in [2.75, 3.05) is 11.5 Å². The van der Waals surface area contributed by atoms with Gasteiger partial charge in [-0.05, 0) is 12.8 Å². The van der Waals surface area contributed by atoms with Crippen molar-refractivity contribution in [3.63, 3.8) is 0 Å². The summed E-state index contributed by atoms with van der Waals surface area (Å²) in [6.07, 6.45) is 0.00921. The van der Waals surface area contributed by atoms with Gasteiger partial charge >= 0.3 is 5.97 Å². The molecule has 1 heterocycles. The first-order valence-electron chi connectivity index (χ1n) is 4.23. The lowest BCUT2D eigenvalue weighted by molar-refractivity contribution is -0.139. The maximum Gasteiger partial charge on any atom is 0.304 e. The Morgan fingerprint density at radius 2 is 1.93 bits per heavy atom. The van der Waals surface area contributed by atoms with Crippen LogP contribution in [0, 0.1) is 16.7 Å². The minimum atomic E-state index is -3.04. The fraction of sp³-hybridized carbons (Fsp3) is 0.750. The fourth-order valence-electron chi connectivity index (χ4n) is 1.55. The molecular formula is C8H11NO4S. The summed E-state index contributed by atoms with van der Waals surface area (Å²) < 4.78 is 22.2. The van der Waals surface area contributed by atoms with Gasteiger partial charge in [0, 0.05) is 0 Å². The van der Waals surface area contributed by atoms with Crippen molar-refractivity contribution in [1.82, 2.24) is 0 Å². The maximum absolute atomic E-state index is 11.1. The fourth-order valence-corrected chi connectivity index (χ4v) is 3.15. The summed E-state index contributed by atoms with van der Waals surface area (Å²) in [4.78, 5) is 10.5. The van der Waals surface area contributed by atoms with Gasteiger partial charge in [0.15, 0.2) is 0 Å². The Hall–Kier alpha value is -1.09. The second kappa shape index (κ2) is 3.58. The van der Waals surface area contributed by atoms with E-state index in [9.17, 15) is 13.2 Å². The van der Waals surface area contributed by atoms with Gasteiger partial charge in [-0.15, -0.1) is 0 Å². The summed E-state index contributed by atoms with van der Waals surface area (Å²) in [7, 11) is -3.04. The van der Waals surface area contributed by atoms with Crippen molar-refractivity contribution in [3.05, 3.63) is 0 Å². The largest absolute Gasteiger partial charge is 0.481 e. The Kier molecular flexibility index (Phi) is 2.81. The van der Waals surface area contributed by atoms with E-state index in [4.69, 9.17) is 10.4 Å². The summed E-state index contributed by atoms with van der Waals surface area (Å²) >= 11 is 0. The molecule has 5 nitrogen and oxygen atoms in total. The molecular weight excluding hydrogens is 206 g/mol. The highest BCUT2D eigenvalue weighted by Gasteiger charge is 2.39. The number of carboxylic acid groups (broad SMARTS) is 1. The van der Waals surface area contributed by atoms with Crippen molar-refractivity contribution in [2.45, 2.75) is 19.3 Å². The molecule has 0 amide bonds. The Bertz CT molecular complexity index is 365. The molecule has 0 aliphatic carbocycles. The van der Waals surface area contributed by atoms with Gasteiger partial charge in [0.2, 0.25) is 0 Å². The predicted octanol–water partition coefficient (Wildman–Crippen LogP) is 0.180. The molecule has 0 unspecified atom stereocenters. The Morgan fingerprint density at radius 3 is 2.29 bits per heavy atom. The highest BCUT2D eigenvalue weighted by atomic mass is 32.2. The highest BCUT2D eigenvalue weighted by molar-refractivity contribution is 7.91. The van der Waals surface area contributed by atoms with Gasteiger partial charge in [0.25, 0.3) is 0 Å². The van der Waals surface area contributed by atoms with E-state index in [0.29, 0.717) is 0 Å². The van der Waals surface area contributed by atoms with Crippen molar-refractivity contribution in [3.8, 4) is 6.07 Å². The van der Waals surface area contributed by atoms with E-state index in [1.807, 2.05) is 6.07 Å². The third kappa shape index (κ3) is 2.45. The first-order chi connectivity index (χ1) is 6.39. The number of carbonyl (C=O) groups is 1. The molecule has 0 saturated carbocycles. The van der Waals surface area contributed by atoms with E-state index < -0.39 is 21.2 Å². The molecule has 1 aliphatic heterocycles. The van der Waals surface area contributed by atoms with Crippen LogP contribution in [0.5, 0.6) is 0 Å². The van der Waals surface area contributed by atoms with Crippen molar-refractivity contribution in [2.24, 2.45) is 5.41 Å². The summed E-state index contributed by atoms with van der Waals surface area (Å²) in [5.74, 6) is -1.20. The molecule has 0 atom stereocenters. The van der Waals surface area contributed by atoms with Crippen molar-refractivity contribution >= 4 is 15.8 Å². The zero-order valence-corrected chi connectivity index (χ0v) is 8.38. The Balaban J connectivity index is 2.77. The zero-order valence-electron chi connectivity index (χ0n) is 7.56. The number of nitriles is 1. The van der Waals surface area contributed by atoms with Gasteiger partial charge in [-0.1, -0.05) is 0 Å². The first-order valence-corrected chi connectivity index (χ1v) is 6.05. The summed E-state index contributed by atoms with van der Waals surface area (Å²) in [5, 5.41) is 17.4. The lowest BCUT2D eigenvalue weighted by Crippen LogP contribution is -2.34. The third-order valence-corrected chi connectivity index (χ3v) is 4.16. The molecule has 0 aromatic carbocycles. The van der Waals surface area contributed by atoms with E-state index in [1.54, 1.807) is 0 Å². The van der Waals surface area contributed by atoms with Crippen LogP contribution in [0.15, 0.2) is 0 Å². The highest BCUT2D eigenvalue weighted by Crippen LogP contribution is 2.35. The average Bonchev–Trinajstić information content (AvgIpc) is 2.09. The van der Waals surface area contributed by atoms with Crippen LogP contribution in [0.2, 0.25) is 0 Å². The first kappa shape index (κ1) is 11.0. The maximum atomic E-state index is 11.1. The molecule has 1 fully saturated rings. The monoisotopic (exact) mass is 217 g/mol. The van der Waals surface area contributed by atoms with Gasteiger partial charge in [-0.3, -0.25) is 4.79 Å². The minimum Gasteiger partial charge on any atom is -0.481 e. The van der Waals surface area contributed by atoms with Crippen LogP contribution in [-0.2, 0) is 14.6 Å². The van der Waals surface area contributed by atoms with E-state index in [1.165, 1.54) is 0 Å². The summed E-state index contributed by atoms with van der Waals surface area (Å²) in [5.41, 5.74) is -0.975. The van der Waals surface area contributed by atoms with Crippen LogP contribution >= 0.6 is 0 Å². The number of sulfone groups is 1. The van der Waals surface area contributed by atoms with Crippen LogP contribution in [0.25, 0.3) is 0 Å². The Labute approximate surface area is 82.3 Å². The molecule has 0 bridgehead atoms. The number of rotatable bonds is 2. The molecule has 0 radical (unpaired) electrons. The summed E-state index contributed by atoms with van der Waals surface area (Å²) in [6.45, 7) is 0. The average molecular weight is 217 g/mol. The zero-order chi connectivity index (χ0) is 10.8. The molecule has 0 aromatic heterocycles. The van der Waals surface area contributed by atoms with Gasteiger partial charge in [-0.25, -0.2) is 8.42 Å². The van der Waals surface area contributed by atoms with Gasteiger partial charge < -0.3 is 5.11 Å². The summed E-state index contributed by atoms with van der Waals surface area (Å²) in [6, 6.07) is 1.94. The van der Waals surface area contributed by atoms with E-state index >= 15 is 0 Å². The van der Waals surface area contributed by atoms with Crippen LogP contribution in [0.4, 0.5) is 0 Å². The van der Waals surface area contributed by atoms with Crippen LogP contribution in [0.1, 0.15) is 19.3 Å². The van der Waals surface area contributed by atoms with Crippen LogP contribution in [0.3, 0.4) is 0 Å². The lowest BCUT2D eigenvalue weighted by atomic mass is 9.80. The molecule has 6 heteroatoms. The van der Waals surface area contributed by atoms with Gasteiger partial charge in [-0.2, -0.15) is 5.26 Å². The number of aliphatic carboxylic acids is 1. The molecule has 1 N–H and O–H groups in total. The number of carboxylic acids is 1. The van der Waals surface area contributed by atoms with E-state index in [0.717, 1.165) is 0 Å². The predicted molar refractivity (Wildman–Crippen MR) is 48.2 cm³/mol. The topological polar surface area (TPSA) is 95.2 Å². The van der Waals surface area contributed by atoms with Crippen LogP contribution < -0.4 is 0 Å². The van der Waals surface area contributed by atoms with Gasteiger partial charge in [0.05, 0.1) is 29.4 Å². The van der Waals surface area contributed by atoms with Crippen molar-refractivity contribution in [1.29, 1.82) is 5.26 Å².